The summed E-state index contributed by atoms with van der Waals surface area (Å²) in [5, 5.41) is 0.519. The molecule has 18 heavy (non-hydrogen) atoms. The van der Waals surface area contributed by atoms with Crippen molar-refractivity contribution in [3.63, 3.8) is 0 Å². The molecule has 2 fully saturated rings. The van der Waals surface area contributed by atoms with Crippen LogP contribution >= 0.6 is 27.5 Å². The zero-order chi connectivity index (χ0) is 12.9. The molecule has 1 saturated carbocycles. The standard InChI is InChI=1S/C13H11BrClNO2/c14-10-5-4-7(15)6-11(10)16-12(17)8-2-1-3-9(8)13(16)18/h4-6,8-9H,1-3H2. The normalized spacial score (nSPS) is 26.9. The Morgan fingerprint density at radius 3 is 2.39 bits per heavy atom. The first kappa shape index (κ1) is 12.2. The Morgan fingerprint density at radius 2 is 1.78 bits per heavy atom. The highest BCUT2D eigenvalue weighted by Gasteiger charge is 2.50. The molecule has 0 radical (unpaired) electrons. The minimum atomic E-state index is -0.122. The van der Waals surface area contributed by atoms with Crippen molar-refractivity contribution in [2.24, 2.45) is 11.8 Å². The summed E-state index contributed by atoms with van der Waals surface area (Å²) >= 11 is 9.31. The smallest absolute Gasteiger partial charge is 0.237 e. The van der Waals surface area contributed by atoms with E-state index in [0.29, 0.717) is 15.2 Å². The van der Waals surface area contributed by atoms with Gasteiger partial charge in [-0.25, -0.2) is 4.90 Å². The predicted molar refractivity (Wildman–Crippen MR) is 72.5 cm³/mol. The SMILES string of the molecule is O=C1C2CCCC2C(=O)N1c1cc(Cl)ccc1Br. The molecular weight excluding hydrogens is 318 g/mol. The summed E-state index contributed by atoms with van der Waals surface area (Å²) in [5.41, 5.74) is 0.562. The fourth-order valence-corrected chi connectivity index (χ4v) is 3.48. The molecule has 3 rings (SSSR count). The van der Waals surface area contributed by atoms with Gasteiger partial charge in [-0.2, -0.15) is 0 Å². The van der Waals surface area contributed by atoms with Crippen molar-refractivity contribution < 1.29 is 9.59 Å². The van der Waals surface area contributed by atoms with Crippen molar-refractivity contribution >= 4 is 45.0 Å². The van der Waals surface area contributed by atoms with Crippen LogP contribution in [-0.2, 0) is 9.59 Å². The zero-order valence-corrected chi connectivity index (χ0v) is 11.9. The lowest BCUT2D eigenvalue weighted by atomic mass is 10.00. The van der Waals surface area contributed by atoms with Gasteiger partial charge in [0.2, 0.25) is 11.8 Å². The summed E-state index contributed by atoms with van der Waals surface area (Å²) in [6.45, 7) is 0. The highest BCUT2D eigenvalue weighted by Crippen LogP contribution is 2.43. The van der Waals surface area contributed by atoms with E-state index in [1.807, 2.05) is 0 Å². The molecule has 1 heterocycles. The molecule has 0 N–H and O–H groups in total. The maximum absolute atomic E-state index is 12.3. The van der Waals surface area contributed by atoms with Crippen molar-refractivity contribution in [2.45, 2.75) is 19.3 Å². The third kappa shape index (κ3) is 1.70. The van der Waals surface area contributed by atoms with Crippen LogP contribution in [0.15, 0.2) is 22.7 Å². The number of carbonyl (C=O) groups excluding carboxylic acids is 2. The Hall–Kier alpha value is -0.870. The fourth-order valence-electron chi connectivity index (χ4n) is 2.89. The van der Waals surface area contributed by atoms with Crippen molar-refractivity contribution in [1.29, 1.82) is 0 Å². The maximum atomic E-state index is 12.3. The Balaban J connectivity index is 2.05. The largest absolute Gasteiger partial charge is 0.274 e. The molecule has 1 aliphatic carbocycles. The van der Waals surface area contributed by atoms with E-state index in [2.05, 4.69) is 15.9 Å². The number of fused-ring (bicyclic) bond motifs is 1. The topological polar surface area (TPSA) is 37.4 Å². The van der Waals surface area contributed by atoms with Crippen molar-refractivity contribution in [3.05, 3.63) is 27.7 Å². The van der Waals surface area contributed by atoms with Gasteiger partial charge >= 0.3 is 0 Å². The van der Waals surface area contributed by atoms with Gasteiger partial charge in [-0.05, 0) is 47.0 Å². The average molecular weight is 329 g/mol. The molecule has 3 nitrogen and oxygen atoms in total. The molecule has 5 heteroatoms. The lowest BCUT2D eigenvalue weighted by molar-refractivity contribution is -0.122. The second-order valence-electron chi connectivity index (χ2n) is 4.75. The molecule has 2 amide bonds. The number of imide groups is 1. The summed E-state index contributed by atoms with van der Waals surface area (Å²) < 4.78 is 0.716. The number of benzene rings is 1. The van der Waals surface area contributed by atoms with Crippen LogP contribution in [0, 0.1) is 11.8 Å². The first-order valence-corrected chi connectivity index (χ1v) is 7.09. The molecule has 2 unspecified atom stereocenters. The molecule has 1 aliphatic heterocycles. The minimum Gasteiger partial charge on any atom is -0.274 e. The Bertz CT molecular complexity index is 524. The van der Waals surface area contributed by atoms with Gasteiger partial charge in [0.1, 0.15) is 0 Å². The minimum absolute atomic E-state index is 0.0783. The van der Waals surface area contributed by atoms with Crippen molar-refractivity contribution in [2.75, 3.05) is 4.90 Å². The molecule has 1 saturated heterocycles. The molecule has 2 atom stereocenters. The number of nitrogens with zero attached hydrogens (tertiary/aromatic N) is 1. The number of hydrogen-bond donors (Lipinski definition) is 0. The highest BCUT2D eigenvalue weighted by atomic mass is 79.9. The molecular formula is C13H11BrClNO2. The summed E-state index contributed by atoms with van der Waals surface area (Å²) in [4.78, 5) is 25.9. The van der Waals surface area contributed by atoms with Gasteiger partial charge in [-0.15, -0.1) is 0 Å². The van der Waals surface area contributed by atoms with Crippen LogP contribution < -0.4 is 4.90 Å². The molecule has 1 aromatic carbocycles. The second-order valence-corrected chi connectivity index (χ2v) is 6.04. The van der Waals surface area contributed by atoms with E-state index in [1.165, 1.54) is 4.90 Å². The van der Waals surface area contributed by atoms with Crippen LogP contribution in [0.3, 0.4) is 0 Å². The number of amides is 2. The number of rotatable bonds is 1. The number of hydrogen-bond acceptors (Lipinski definition) is 2. The number of halogens is 2. The second kappa shape index (κ2) is 4.35. The van der Waals surface area contributed by atoms with Gasteiger partial charge in [0.15, 0.2) is 0 Å². The molecule has 0 aromatic heterocycles. The van der Waals surface area contributed by atoms with E-state index in [1.54, 1.807) is 18.2 Å². The maximum Gasteiger partial charge on any atom is 0.237 e. The third-order valence-electron chi connectivity index (χ3n) is 3.74. The van der Waals surface area contributed by atoms with Gasteiger partial charge in [0, 0.05) is 9.50 Å². The first-order valence-electron chi connectivity index (χ1n) is 5.92. The van der Waals surface area contributed by atoms with E-state index in [9.17, 15) is 9.59 Å². The summed E-state index contributed by atoms with van der Waals surface area (Å²) in [6.07, 6.45) is 2.62. The van der Waals surface area contributed by atoms with E-state index < -0.39 is 0 Å². The van der Waals surface area contributed by atoms with E-state index in [-0.39, 0.29) is 23.7 Å². The quantitative estimate of drug-likeness (QED) is 0.741. The van der Waals surface area contributed by atoms with Crippen LogP contribution in [0.1, 0.15) is 19.3 Å². The monoisotopic (exact) mass is 327 g/mol. The number of anilines is 1. The summed E-state index contributed by atoms with van der Waals surface area (Å²) in [7, 11) is 0. The first-order chi connectivity index (χ1) is 8.59. The molecule has 0 bridgehead atoms. The van der Waals surface area contributed by atoms with E-state index >= 15 is 0 Å². The van der Waals surface area contributed by atoms with Crippen LogP contribution in [0.2, 0.25) is 5.02 Å². The Morgan fingerprint density at radius 1 is 1.17 bits per heavy atom. The van der Waals surface area contributed by atoms with E-state index in [0.717, 1.165) is 19.3 Å². The zero-order valence-electron chi connectivity index (χ0n) is 9.53. The van der Waals surface area contributed by atoms with Crippen LogP contribution in [0.5, 0.6) is 0 Å². The summed E-state index contributed by atoms with van der Waals surface area (Å²) in [5.74, 6) is -0.400. The summed E-state index contributed by atoms with van der Waals surface area (Å²) in [6, 6.07) is 5.13. The Kier molecular flexibility index (Phi) is 2.94. The van der Waals surface area contributed by atoms with Gasteiger partial charge < -0.3 is 0 Å². The molecule has 2 aliphatic rings. The van der Waals surface area contributed by atoms with E-state index in [4.69, 9.17) is 11.6 Å². The van der Waals surface area contributed by atoms with Crippen molar-refractivity contribution in [3.8, 4) is 0 Å². The van der Waals surface area contributed by atoms with Crippen LogP contribution in [-0.4, -0.2) is 11.8 Å². The predicted octanol–water partition coefficient (Wildman–Crippen LogP) is 3.39. The highest BCUT2D eigenvalue weighted by molar-refractivity contribution is 9.10. The van der Waals surface area contributed by atoms with Gasteiger partial charge in [0.05, 0.1) is 17.5 Å². The van der Waals surface area contributed by atoms with Gasteiger partial charge in [0.25, 0.3) is 0 Å². The van der Waals surface area contributed by atoms with Crippen molar-refractivity contribution in [1.82, 2.24) is 0 Å². The third-order valence-corrected chi connectivity index (χ3v) is 4.65. The van der Waals surface area contributed by atoms with Gasteiger partial charge in [-0.1, -0.05) is 18.0 Å². The Labute approximate surface area is 118 Å². The fraction of sp³-hybridized carbons (Fsp3) is 0.385. The molecule has 1 aromatic rings. The number of carbonyl (C=O) groups is 2. The van der Waals surface area contributed by atoms with Crippen LogP contribution in [0.4, 0.5) is 5.69 Å². The molecule has 94 valence electrons. The van der Waals surface area contributed by atoms with Gasteiger partial charge in [-0.3, -0.25) is 9.59 Å². The molecule has 0 spiro atoms. The lowest BCUT2D eigenvalue weighted by Gasteiger charge is -2.17. The lowest BCUT2D eigenvalue weighted by Crippen LogP contribution is -2.31. The average Bonchev–Trinajstić information content (AvgIpc) is 2.89. The van der Waals surface area contributed by atoms with Crippen LogP contribution in [0.25, 0.3) is 0 Å².